The first kappa shape index (κ1) is 11.9. The Kier molecular flexibility index (Phi) is 3.65. The van der Waals surface area contributed by atoms with Crippen LogP contribution in [-0.2, 0) is 4.74 Å². The Hall–Kier alpha value is -1.53. The van der Waals surface area contributed by atoms with Crippen molar-refractivity contribution in [3.8, 4) is 6.07 Å². The van der Waals surface area contributed by atoms with E-state index in [-0.39, 0.29) is 0 Å². The molecule has 0 radical (unpaired) electrons. The van der Waals surface area contributed by atoms with Crippen LogP contribution in [0.4, 0.5) is 5.69 Å². The molecular weight excluding hydrogens is 212 g/mol. The van der Waals surface area contributed by atoms with Crippen LogP contribution in [-0.4, -0.2) is 25.8 Å². The summed E-state index contributed by atoms with van der Waals surface area (Å²) in [5, 5.41) is 9.22. The Labute approximate surface area is 103 Å². The molecule has 1 aromatic rings. The number of benzene rings is 1. The van der Waals surface area contributed by atoms with E-state index in [0.29, 0.717) is 6.04 Å². The lowest BCUT2D eigenvalue weighted by atomic mass is 10.0. The van der Waals surface area contributed by atoms with Crippen molar-refractivity contribution < 1.29 is 4.74 Å². The van der Waals surface area contributed by atoms with Gasteiger partial charge in [0.15, 0.2) is 0 Å². The van der Waals surface area contributed by atoms with E-state index < -0.39 is 0 Å². The quantitative estimate of drug-likeness (QED) is 0.783. The predicted octanol–water partition coefficient (Wildman–Crippen LogP) is 2.48. The number of para-hydroxylation sites is 1. The summed E-state index contributed by atoms with van der Waals surface area (Å²) in [4.78, 5) is 2.33. The second-order valence-electron chi connectivity index (χ2n) is 4.41. The molecule has 1 fully saturated rings. The summed E-state index contributed by atoms with van der Waals surface area (Å²) in [5.74, 6) is 0. The van der Waals surface area contributed by atoms with Crippen LogP contribution in [0.15, 0.2) is 18.2 Å². The largest absolute Gasteiger partial charge is 0.377 e. The minimum atomic E-state index is 0.386. The Bertz CT molecular complexity index is 436. The highest BCUT2D eigenvalue weighted by Gasteiger charge is 2.24. The van der Waals surface area contributed by atoms with Gasteiger partial charge in [0.1, 0.15) is 6.07 Å². The van der Waals surface area contributed by atoms with E-state index in [4.69, 9.17) is 4.74 Å². The average Bonchev–Trinajstić information content (AvgIpc) is 2.38. The highest BCUT2D eigenvalue weighted by molar-refractivity contribution is 5.64. The molecule has 17 heavy (non-hydrogen) atoms. The van der Waals surface area contributed by atoms with Gasteiger partial charge in [-0.05, 0) is 25.0 Å². The average molecular weight is 230 g/mol. The first-order valence-corrected chi connectivity index (χ1v) is 6.12. The van der Waals surface area contributed by atoms with Crippen molar-refractivity contribution in [1.82, 2.24) is 0 Å². The van der Waals surface area contributed by atoms with E-state index in [1.165, 1.54) is 5.56 Å². The number of anilines is 1. The van der Waals surface area contributed by atoms with Gasteiger partial charge >= 0.3 is 0 Å². The van der Waals surface area contributed by atoms with Gasteiger partial charge in [0, 0.05) is 6.54 Å². The minimum Gasteiger partial charge on any atom is -0.377 e. The lowest BCUT2D eigenvalue weighted by Gasteiger charge is -2.38. The minimum absolute atomic E-state index is 0.386. The molecule has 3 nitrogen and oxygen atoms in total. The van der Waals surface area contributed by atoms with Crippen molar-refractivity contribution >= 4 is 5.69 Å². The number of morpholine rings is 1. The van der Waals surface area contributed by atoms with Crippen LogP contribution in [0.1, 0.15) is 24.5 Å². The van der Waals surface area contributed by atoms with Crippen molar-refractivity contribution in [3.05, 3.63) is 29.3 Å². The van der Waals surface area contributed by atoms with Gasteiger partial charge in [0.25, 0.3) is 0 Å². The molecular formula is C14H18N2O. The molecule has 0 aromatic heterocycles. The Morgan fingerprint density at radius 2 is 2.35 bits per heavy atom. The van der Waals surface area contributed by atoms with Gasteiger partial charge in [-0.1, -0.05) is 19.1 Å². The van der Waals surface area contributed by atoms with Crippen molar-refractivity contribution in [2.45, 2.75) is 26.3 Å². The van der Waals surface area contributed by atoms with Crippen molar-refractivity contribution in [2.75, 3.05) is 24.7 Å². The summed E-state index contributed by atoms with van der Waals surface area (Å²) in [6.07, 6.45) is 1.04. The van der Waals surface area contributed by atoms with Crippen LogP contribution in [0.3, 0.4) is 0 Å². The third-order valence-corrected chi connectivity index (χ3v) is 3.34. The van der Waals surface area contributed by atoms with E-state index in [2.05, 4.69) is 30.9 Å². The first-order chi connectivity index (χ1) is 8.27. The van der Waals surface area contributed by atoms with Crippen molar-refractivity contribution in [1.29, 1.82) is 5.26 Å². The van der Waals surface area contributed by atoms with Gasteiger partial charge in [-0.3, -0.25) is 0 Å². The summed E-state index contributed by atoms with van der Waals surface area (Å²) in [6, 6.07) is 8.59. The topological polar surface area (TPSA) is 36.3 Å². The lowest BCUT2D eigenvalue weighted by Crippen LogP contribution is -2.45. The molecule has 1 aliphatic heterocycles. The fraction of sp³-hybridized carbons (Fsp3) is 0.500. The van der Waals surface area contributed by atoms with Gasteiger partial charge in [0.05, 0.1) is 30.5 Å². The maximum Gasteiger partial charge on any atom is 0.101 e. The third kappa shape index (κ3) is 2.27. The van der Waals surface area contributed by atoms with E-state index in [0.717, 1.165) is 37.4 Å². The molecule has 0 aliphatic carbocycles. The van der Waals surface area contributed by atoms with Crippen LogP contribution >= 0.6 is 0 Å². The monoisotopic (exact) mass is 230 g/mol. The predicted molar refractivity (Wildman–Crippen MR) is 68.1 cm³/mol. The highest BCUT2D eigenvalue weighted by atomic mass is 16.5. The molecule has 3 heteroatoms. The number of rotatable bonds is 2. The molecule has 1 heterocycles. The molecule has 1 aromatic carbocycles. The van der Waals surface area contributed by atoms with Gasteiger partial charge in [-0.15, -0.1) is 0 Å². The van der Waals surface area contributed by atoms with Gasteiger partial charge < -0.3 is 9.64 Å². The first-order valence-electron chi connectivity index (χ1n) is 6.12. The summed E-state index contributed by atoms with van der Waals surface area (Å²) in [5.41, 5.74) is 3.03. The molecule has 1 atom stereocenters. The maximum absolute atomic E-state index is 9.22. The zero-order valence-corrected chi connectivity index (χ0v) is 10.4. The van der Waals surface area contributed by atoms with Gasteiger partial charge in [0.2, 0.25) is 0 Å². The number of aryl methyl sites for hydroxylation is 1. The Morgan fingerprint density at radius 1 is 1.53 bits per heavy atom. The number of hydrogen-bond donors (Lipinski definition) is 0. The summed E-state index contributed by atoms with van der Waals surface area (Å²) >= 11 is 0. The molecule has 2 rings (SSSR count). The fourth-order valence-corrected chi connectivity index (χ4v) is 2.42. The summed E-state index contributed by atoms with van der Waals surface area (Å²) in [7, 11) is 0. The molecule has 0 amide bonds. The van der Waals surface area contributed by atoms with E-state index in [1.807, 2.05) is 12.1 Å². The zero-order chi connectivity index (χ0) is 12.3. The Morgan fingerprint density at radius 3 is 3.06 bits per heavy atom. The lowest BCUT2D eigenvalue weighted by molar-refractivity contribution is 0.0929. The highest BCUT2D eigenvalue weighted by Crippen LogP contribution is 2.28. The zero-order valence-electron chi connectivity index (χ0n) is 10.4. The molecule has 90 valence electrons. The fourth-order valence-electron chi connectivity index (χ4n) is 2.42. The van der Waals surface area contributed by atoms with Crippen LogP contribution < -0.4 is 4.90 Å². The maximum atomic E-state index is 9.22. The smallest absolute Gasteiger partial charge is 0.101 e. The number of nitrogens with zero attached hydrogens (tertiary/aromatic N) is 2. The van der Waals surface area contributed by atoms with Crippen molar-refractivity contribution in [3.63, 3.8) is 0 Å². The van der Waals surface area contributed by atoms with Crippen molar-refractivity contribution in [2.24, 2.45) is 0 Å². The normalized spacial score (nSPS) is 20.1. The molecule has 1 saturated heterocycles. The van der Waals surface area contributed by atoms with Gasteiger partial charge in [-0.25, -0.2) is 0 Å². The summed E-state index contributed by atoms with van der Waals surface area (Å²) < 4.78 is 5.51. The number of hydrogen-bond acceptors (Lipinski definition) is 3. The van der Waals surface area contributed by atoms with E-state index >= 15 is 0 Å². The third-order valence-electron chi connectivity index (χ3n) is 3.34. The van der Waals surface area contributed by atoms with Crippen LogP contribution in [0.2, 0.25) is 0 Å². The molecule has 1 aliphatic rings. The van der Waals surface area contributed by atoms with Crippen LogP contribution in [0.25, 0.3) is 0 Å². The SMILES string of the molecule is CCC1COCCN1c1c(C)cccc1C#N. The number of nitriles is 1. The molecule has 1 unspecified atom stereocenters. The van der Waals surface area contributed by atoms with Gasteiger partial charge in [-0.2, -0.15) is 5.26 Å². The molecule has 0 saturated carbocycles. The molecule has 0 bridgehead atoms. The standard InChI is InChI=1S/C14H18N2O/c1-3-13-10-17-8-7-16(13)14-11(2)5-4-6-12(14)9-15/h4-6,13H,3,7-8,10H2,1-2H3. The molecule has 0 spiro atoms. The van der Waals surface area contributed by atoms with E-state index in [1.54, 1.807) is 0 Å². The Balaban J connectivity index is 2.41. The van der Waals surface area contributed by atoms with E-state index in [9.17, 15) is 5.26 Å². The second kappa shape index (κ2) is 5.20. The second-order valence-corrected chi connectivity index (χ2v) is 4.41. The molecule has 0 N–H and O–H groups in total. The van der Waals surface area contributed by atoms with Crippen LogP contribution in [0, 0.1) is 18.3 Å². The summed E-state index contributed by atoms with van der Waals surface area (Å²) in [6.45, 7) is 6.61. The van der Waals surface area contributed by atoms with Crippen LogP contribution in [0.5, 0.6) is 0 Å². The number of ether oxygens (including phenoxy) is 1.